The molecule has 0 aliphatic rings. The van der Waals surface area contributed by atoms with E-state index in [9.17, 15) is 15.0 Å². The monoisotopic (exact) mass is 338 g/mol. The van der Waals surface area contributed by atoms with Gasteiger partial charge in [0.15, 0.2) is 0 Å². The molecule has 0 heterocycles. The first-order chi connectivity index (χ1) is 11.6. The van der Waals surface area contributed by atoms with Crippen LogP contribution in [-0.4, -0.2) is 33.5 Å². The van der Waals surface area contributed by atoms with Gasteiger partial charge in [0.05, 0.1) is 12.2 Å². The summed E-state index contributed by atoms with van der Waals surface area (Å²) in [5.74, 6) is -0.833. The van der Waals surface area contributed by atoms with Gasteiger partial charge in [0, 0.05) is 6.42 Å². The molecule has 0 fully saturated rings. The van der Waals surface area contributed by atoms with Gasteiger partial charge in [0.1, 0.15) is 0 Å². The zero-order valence-electron chi connectivity index (χ0n) is 14.9. The lowest BCUT2D eigenvalue weighted by atomic mass is 10.1. The average Bonchev–Trinajstić information content (AvgIpc) is 2.53. The number of aliphatic hydroxyl groups is 2. The Kier molecular flexibility index (Phi) is 15.5. The predicted molar refractivity (Wildman–Crippen MR) is 98.9 cm³/mol. The maximum atomic E-state index is 10.4. The smallest absolute Gasteiger partial charge is 0.303 e. The number of allylic oxidation sites excluding steroid dienone is 4. The fourth-order valence-electron chi connectivity index (χ4n) is 2.22. The van der Waals surface area contributed by atoms with Crippen LogP contribution in [0.3, 0.4) is 0 Å². The zero-order chi connectivity index (χ0) is 18.0. The van der Waals surface area contributed by atoms with Gasteiger partial charge in [-0.05, 0) is 44.9 Å². The van der Waals surface area contributed by atoms with E-state index in [-0.39, 0.29) is 12.5 Å². The SMILES string of the molecule is CCCCC/C=C\C[C@H](O)CC/C=C/C=C\[C@H](O)CCCC(=O)O. The van der Waals surface area contributed by atoms with Crippen LogP contribution in [0.5, 0.6) is 0 Å². The van der Waals surface area contributed by atoms with Crippen molar-refractivity contribution in [2.45, 2.75) is 83.3 Å². The molecule has 0 aromatic carbocycles. The van der Waals surface area contributed by atoms with Crippen molar-refractivity contribution in [1.82, 2.24) is 0 Å². The third-order valence-electron chi connectivity index (χ3n) is 3.69. The van der Waals surface area contributed by atoms with Crippen LogP contribution in [0.15, 0.2) is 36.5 Å². The van der Waals surface area contributed by atoms with Gasteiger partial charge in [-0.1, -0.05) is 56.2 Å². The molecule has 0 aromatic heterocycles. The highest BCUT2D eigenvalue weighted by atomic mass is 16.4. The summed E-state index contributed by atoms with van der Waals surface area (Å²) in [6.45, 7) is 2.19. The Morgan fingerprint density at radius 2 is 1.75 bits per heavy atom. The fraction of sp³-hybridized carbons (Fsp3) is 0.650. The molecule has 0 saturated carbocycles. The molecule has 0 bridgehead atoms. The van der Waals surface area contributed by atoms with Crippen molar-refractivity contribution in [2.24, 2.45) is 0 Å². The van der Waals surface area contributed by atoms with E-state index in [1.54, 1.807) is 12.2 Å². The number of carbonyl (C=O) groups is 1. The van der Waals surface area contributed by atoms with Crippen molar-refractivity contribution in [2.75, 3.05) is 0 Å². The summed E-state index contributed by atoms with van der Waals surface area (Å²) < 4.78 is 0. The van der Waals surface area contributed by atoms with Gasteiger partial charge in [-0.3, -0.25) is 4.79 Å². The first-order valence-corrected chi connectivity index (χ1v) is 9.12. The molecule has 0 rings (SSSR count). The molecule has 0 unspecified atom stereocenters. The highest BCUT2D eigenvalue weighted by Crippen LogP contribution is 2.06. The minimum Gasteiger partial charge on any atom is -0.481 e. The summed E-state index contributed by atoms with van der Waals surface area (Å²) in [5, 5.41) is 28.0. The van der Waals surface area contributed by atoms with E-state index in [1.165, 1.54) is 19.3 Å². The highest BCUT2D eigenvalue weighted by Gasteiger charge is 2.01. The van der Waals surface area contributed by atoms with E-state index in [1.807, 2.05) is 12.2 Å². The van der Waals surface area contributed by atoms with Crippen LogP contribution in [0.1, 0.15) is 71.1 Å². The van der Waals surface area contributed by atoms with E-state index in [0.29, 0.717) is 19.3 Å². The summed E-state index contributed by atoms with van der Waals surface area (Å²) in [5.41, 5.74) is 0. The van der Waals surface area contributed by atoms with Crippen molar-refractivity contribution in [3.8, 4) is 0 Å². The quantitative estimate of drug-likeness (QED) is 0.235. The van der Waals surface area contributed by atoms with Gasteiger partial charge in [0.2, 0.25) is 0 Å². The number of aliphatic carboxylic acids is 1. The van der Waals surface area contributed by atoms with Crippen molar-refractivity contribution in [3.63, 3.8) is 0 Å². The zero-order valence-corrected chi connectivity index (χ0v) is 14.9. The van der Waals surface area contributed by atoms with E-state index in [0.717, 1.165) is 19.3 Å². The normalized spacial score (nSPS) is 14.8. The molecular weight excluding hydrogens is 304 g/mol. The van der Waals surface area contributed by atoms with Gasteiger partial charge in [-0.2, -0.15) is 0 Å². The Bertz CT molecular complexity index is 385. The van der Waals surface area contributed by atoms with Gasteiger partial charge in [-0.25, -0.2) is 0 Å². The van der Waals surface area contributed by atoms with Crippen LogP contribution in [0.4, 0.5) is 0 Å². The Balaban J connectivity index is 3.65. The van der Waals surface area contributed by atoms with Crippen LogP contribution < -0.4 is 0 Å². The molecule has 4 nitrogen and oxygen atoms in total. The van der Waals surface area contributed by atoms with Crippen molar-refractivity contribution < 1.29 is 20.1 Å². The molecular formula is C20H34O4. The number of carboxylic acids is 1. The number of hydrogen-bond acceptors (Lipinski definition) is 3. The topological polar surface area (TPSA) is 77.8 Å². The molecule has 0 radical (unpaired) electrons. The molecule has 0 aliphatic heterocycles. The lowest BCUT2D eigenvalue weighted by Crippen LogP contribution is -2.04. The maximum Gasteiger partial charge on any atom is 0.303 e. The maximum absolute atomic E-state index is 10.4. The summed E-state index contributed by atoms with van der Waals surface area (Å²) >= 11 is 0. The number of rotatable bonds is 15. The predicted octanol–water partition coefficient (Wildman–Crippen LogP) is 4.38. The van der Waals surface area contributed by atoms with E-state index >= 15 is 0 Å². The average molecular weight is 338 g/mol. The lowest BCUT2D eigenvalue weighted by Gasteiger charge is -2.05. The molecule has 4 heteroatoms. The summed E-state index contributed by atoms with van der Waals surface area (Å²) in [4.78, 5) is 10.4. The van der Waals surface area contributed by atoms with Crippen LogP contribution in [0.2, 0.25) is 0 Å². The Morgan fingerprint density at radius 1 is 0.958 bits per heavy atom. The molecule has 0 amide bonds. The first kappa shape index (κ1) is 22.6. The Morgan fingerprint density at radius 3 is 2.46 bits per heavy atom. The second kappa shape index (κ2) is 16.5. The molecule has 0 aliphatic carbocycles. The Hall–Kier alpha value is -1.39. The number of unbranched alkanes of at least 4 members (excludes halogenated alkanes) is 3. The third kappa shape index (κ3) is 17.0. The van der Waals surface area contributed by atoms with Crippen LogP contribution >= 0.6 is 0 Å². The molecule has 24 heavy (non-hydrogen) atoms. The summed E-state index contributed by atoms with van der Waals surface area (Å²) in [6, 6.07) is 0. The summed E-state index contributed by atoms with van der Waals surface area (Å²) in [6.07, 6.45) is 18.6. The Labute approximate surface area is 146 Å². The molecule has 138 valence electrons. The fourth-order valence-corrected chi connectivity index (χ4v) is 2.22. The van der Waals surface area contributed by atoms with Gasteiger partial charge in [-0.15, -0.1) is 0 Å². The van der Waals surface area contributed by atoms with Crippen molar-refractivity contribution >= 4 is 5.97 Å². The number of carboxylic acid groups (broad SMARTS) is 1. The van der Waals surface area contributed by atoms with Gasteiger partial charge >= 0.3 is 5.97 Å². The molecule has 0 spiro atoms. The highest BCUT2D eigenvalue weighted by molar-refractivity contribution is 5.66. The number of hydrogen-bond donors (Lipinski definition) is 3. The molecule has 0 aromatic rings. The van der Waals surface area contributed by atoms with E-state index in [2.05, 4.69) is 19.1 Å². The largest absolute Gasteiger partial charge is 0.481 e. The van der Waals surface area contributed by atoms with Crippen LogP contribution in [0.25, 0.3) is 0 Å². The molecule has 3 N–H and O–H groups in total. The van der Waals surface area contributed by atoms with E-state index in [4.69, 9.17) is 5.11 Å². The van der Waals surface area contributed by atoms with Gasteiger partial charge < -0.3 is 15.3 Å². The lowest BCUT2D eigenvalue weighted by molar-refractivity contribution is -0.137. The van der Waals surface area contributed by atoms with Crippen molar-refractivity contribution in [1.29, 1.82) is 0 Å². The first-order valence-electron chi connectivity index (χ1n) is 9.12. The second-order valence-corrected chi connectivity index (χ2v) is 6.10. The van der Waals surface area contributed by atoms with E-state index < -0.39 is 12.1 Å². The molecule has 2 atom stereocenters. The van der Waals surface area contributed by atoms with Crippen LogP contribution in [0, 0.1) is 0 Å². The summed E-state index contributed by atoms with van der Waals surface area (Å²) in [7, 11) is 0. The standard InChI is InChI=1S/C20H34O4/c1-2-3-4-5-6-9-13-18(21)14-10-7-8-11-15-19(22)16-12-17-20(23)24/h6-9,11,15,18-19,21-22H,2-5,10,12-14,16-17H2,1H3,(H,23,24)/b8-7+,9-6-,15-11-/t18-,19-/m0/s1. The minimum absolute atomic E-state index is 0.0890. The van der Waals surface area contributed by atoms with Crippen LogP contribution in [-0.2, 0) is 4.79 Å². The number of aliphatic hydroxyl groups excluding tert-OH is 2. The van der Waals surface area contributed by atoms with Gasteiger partial charge in [0.25, 0.3) is 0 Å². The van der Waals surface area contributed by atoms with Crippen molar-refractivity contribution in [3.05, 3.63) is 36.5 Å². The minimum atomic E-state index is -0.833. The third-order valence-corrected chi connectivity index (χ3v) is 3.69. The second-order valence-electron chi connectivity index (χ2n) is 6.10. The molecule has 0 saturated heterocycles.